The van der Waals surface area contributed by atoms with Crippen molar-refractivity contribution in [3.63, 3.8) is 0 Å². The van der Waals surface area contributed by atoms with Crippen LogP contribution in [-0.4, -0.2) is 55.8 Å². The molecule has 234 valence electrons. The molecule has 9 heteroatoms. The van der Waals surface area contributed by atoms with Gasteiger partial charge < -0.3 is 20.6 Å². The number of carbonyl (C=O) groups is 1. The van der Waals surface area contributed by atoms with E-state index in [1.165, 1.54) is 35.7 Å². The third-order valence-corrected chi connectivity index (χ3v) is 8.36. The number of carbonyl (C=O) groups excluding carboxylic acids is 1. The summed E-state index contributed by atoms with van der Waals surface area (Å²) in [6.07, 6.45) is 6.75. The Morgan fingerprint density at radius 2 is 1.66 bits per heavy atom. The van der Waals surface area contributed by atoms with Crippen molar-refractivity contribution >= 4 is 27.3 Å². The SMILES string of the molecule is C=C(NC(=O)/C(C)=C(\C)C(=N)CCC)c1cc(S(=O)(=O)N2CC(CCCO)C2)ccc1OCC.CCC.CCCC. The molecule has 1 fully saturated rings. The molecule has 0 unspecified atom stereocenters. The lowest BCUT2D eigenvalue weighted by atomic mass is 9.98. The number of nitrogens with one attached hydrogen (secondary N) is 2. The molecule has 1 amide bonds. The van der Waals surface area contributed by atoms with Crippen molar-refractivity contribution in [1.29, 1.82) is 5.41 Å². The first-order valence-corrected chi connectivity index (χ1v) is 16.5. The summed E-state index contributed by atoms with van der Waals surface area (Å²) >= 11 is 0. The number of hydrogen-bond acceptors (Lipinski definition) is 6. The Balaban J connectivity index is 0.00000205. The minimum Gasteiger partial charge on any atom is -0.493 e. The van der Waals surface area contributed by atoms with Crippen LogP contribution in [0.15, 0.2) is 40.8 Å². The molecule has 3 N–H and O–H groups in total. The van der Waals surface area contributed by atoms with Crippen molar-refractivity contribution in [2.45, 2.75) is 105 Å². The van der Waals surface area contributed by atoms with E-state index in [1.54, 1.807) is 19.9 Å². The van der Waals surface area contributed by atoms with Crippen molar-refractivity contribution in [3.05, 3.63) is 41.5 Å². The highest BCUT2D eigenvalue weighted by atomic mass is 32.2. The number of hydrogen-bond donors (Lipinski definition) is 3. The van der Waals surface area contributed by atoms with Gasteiger partial charge in [0.25, 0.3) is 5.91 Å². The van der Waals surface area contributed by atoms with Crippen molar-refractivity contribution < 1.29 is 23.1 Å². The molecule has 1 aromatic rings. The topological polar surface area (TPSA) is 120 Å². The number of unbranched alkanes of at least 4 members (excludes halogenated alkanes) is 1. The summed E-state index contributed by atoms with van der Waals surface area (Å²) in [5.74, 6) is 0.282. The van der Waals surface area contributed by atoms with Crippen LogP contribution in [0, 0.1) is 11.3 Å². The summed E-state index contributed by atoms with van der Waals surface area (Å²) in [6, 6.07) is 4.56. The van der Waals surface area contributed by atoms with Gasteiger partial charge in [-0.25, -0.2) is 8.42 Å². The summed E-state index contributed by atoms with van der Waals surface area (Å²) in [7, 11) is -3.70. The van der Waals surface area contributed by atoms with E-state index in [0.29, 0.717) is 60.7 Å². The Morgan fingerprint density at radius 1 is 1.07 bits per heavy atom. The van der Waals surface area contributed by atoms with E-state index in [2.05, 4.69) is 39.6 Å². The van der Waals surface area contributed by atoms with Crippen LogP contribution >= 0.6 is 0 Å². The predicted molar refractivity (Wildman–Crippen MR) is 171 cm³/mol. The molecule has 1 aliphatic heterocycles. The second-order valence-electron chi connectivity index (χ2n) is 10.3. The van der Waals surface area contributed by atoms with Gasteiger partial charge in [0.05, 0.1) is 11.5 Å². The summed E-state index contributed by atoms with van der Waals surface area (Å²) in [6.45, 7) is 21.1. The molecule has 0 aromatic heterocycles. The van der Waals surface area contributed by atoms with Crippen LogP contribution < -0.4 is 10.1 Å². The lowest BCUT2D eigenvalue weighted by Crippen LogP contribution is -2.49. The Hall–Kier alpha value is -2.49. The zero-order valence-corrected chi connectivity index (χ0v) is 27.5. The monoisotopic (exact) mass is 593 g/mol. The van der Waals surface area contributed by atoms with Gasteiger partial charge in [0, 0.05) is 42.2 Å². The molecular formula is C32H55N3O5S. The van der Waals surface area contributed by atoms with Crippen LogP contribution in [0.5, 0.6) is 5.75 Å². The molecule has 1 heterocycles. The highest BCUT2D eigenvalue weighted by molar-refractivity contribution is 7.89. The molecule has 0 radical (unpaired) electrons. The second kappa shape index (κ2) is 20.4. The van der Waals surface area contributed by atoms with Crippen molar-refractivity contribution in [1.82, 2.24) is 9.62 Å². The second-order valence-corrected chi connectivity index (χ2v) is 12.2. The van der Waals surface area contributed by atoms with Gasteiger partial charge in [-0.3, -0.25) is 4.79 Å². The summed E-state index contributed by atoms with van der Waals surface area (Å²) in [5, 5.41) is 19.8. The molecule has 1 aliphatic rings. The van der Waals surface area contributed by atoms with E-state index in [4.69, 9.17) is 15.3 Å². The largest absolute Gasteiger partial charge is 0.493 e. The summed E-state index contributed by atoms with van der Waals surface area (Å²) in [5.41, 5.74) is 2.06. The van der Waals surface area contributed by atoms with Crippen LogP contribution in [0.4, 0.5) is 0 Å². The Kier molecular flexibility index (Phi) is 19.2. The van der Waals surface area contributed by atoms with Crippen LogP contribution in [0.2, 0.25) is 0 Å². The standard InChI is InChI=1S/C25H37N3O5S.C4H10.C3H8/c1-6-9-23(26)17(3)18(4)25(30)27-19(5)22-14-21(11-12-24(22)33-7-2)34(31,32)28-15-20(16-28)10-8-13-29;1-3-4-2;1-3-2/h11-12,14,20,26,29H,5-10,13,15-16H2,1-4H3,(H,27,30);3-4H2,1-2H3;3H2,1-2H3/b18-17+,26-23?;;. The Morgan fingerprint density at radius 3 is 2.15 bits per heavy atom. The van der Waals surface area contributed by atoms with E-state index in [-0.39, 0.29) is 23.1 Å². The molecule has 0 saturated carbocycles. The first kappa shape index (κ1) is 38.5. The van der Waals surface area contributed by atoms with Gasteiger partial charge in [0.2, 0.25) is 10.0 Å². The van der Waals surface area contributed by atoms with E-state index < -0.39 is 15.9 Å². The van der Waals surface area contributed by atoms with Crippen molar-refractivity contribution in [3.8, 4) is 5.75 Å². The van der Waals surface area contributed by atoms with Gasteiger partial charge in [0.15, 0.2) is 0 Å². The number of allylic oxidation sites excluding steroid dienone is 1. The van der Waals surface area contributed by atoms with Crippen molar-refractivity contribution in [2.75, 3.05) is 26.3 Å². The molecule has 2 rings (SSSR count). The molecule has 0 aliphatic carbocycles. The molecule has 1 aromatic carbocycles. The number of aliphatic hydroxyl groups is 1. The number of rotatable bonds is 14. The Labute approximate surface area is 249 Å². The summed E-state index contributed by atoms with van der Waals surface area (Å²) in [4.78, 5) is 12.9. The highest BCUT2D eigenvalue weighted by Crippen LogP contribution is 2.32. The fraction of sp³-hybridized carbons (Fsp3) is 0.625. The van der Waals surface area contributed by atoms with Gasteiger partial charge >= 0.3 is 0 Å². The quantitative estimate of drug-likeness (QED) is 0.159. The van der Waals surface area contributed by atoms with Crippen LogP contribution in [0.25, 0.3) is 5.70 Å². The average Bonchev–Trinajstić information content (AvgIpc) is 2.92. The van der Waals surface area contributed by atoms with E-state index >= 15 is 0 Å². The predicted octanol–water partition coefficient (Wildman–Crippen LogP) is 6.94. The fourth-order valence-electron chi connectivity index (χ4n) is 3.75. The number of aliphatic hydroxyl groups excluding tert-OH is 1. The molecule has 0 spiro atoms. The number of nitrogens with zero attached hydrogens (tertiary/aromatic N) is 1. The van der Waals surface area contributed by atoms with Crippen LogP contribution in [0.3, 0.4) is 0 Å². The maximum atomic E-state index is 13.1. The fourth-order valence-corrected chi connectivity index (χ4v) is 5.37. The first-order chi connectivity index (χ1) is 19.4. The lowest BCUT2D eigenvalue weighted by molar-refractivity contribution is -0.116. The third-order valence-electron chi connectivity index (χ3n) is 6.53. The molecule has 8 nitrogen and oxygen atoms in total. The number of amides is 1. The van der Waals surface area contributed by atoms with E-state index in [9.17, 15) is 13.2 Å². The number of sulfonamides is 1. The number of ether oxygens (including phenoxy) is 1. The van der Waals surface area contributed by atoms with E-state index in [1.807, 2.05) is 13.8 Å². The highest BCUT2D eigenvalue weighted by Gasteiger charge is 2.36. The van der Waals surface area contributed by atoms with Gasteiger partial charge in [-0.2, -0.15) is 4.31 Å². The molecular weight excluding hydrogens is 538 g/mol. The first-order valence-electron chi connectivity index (χ1n) is 15.0. The molecule has 0 bridgehead atoms. The summed E-state index contributed by atoms with van der Waals surface area (Å²) < 4.78 is 33.3. The minimum atomic E-state index is -3.70. The average molecular weight is 594 g/mol. The van der Waals surface area contributed by atoms with Gasteiger partial charge in [-0.15, -0.1) is 0 Å². The van der Waals surface area contributed by atoms with Gasteiger partial charge in [-0.1, -0.05) is 66.9 Å². The maximum Gasteiger partial charge on any atom is 0.251 e. The van der Waals surface area contributed by atoms with E-state index in [0.717, 1.165) is 12.8 Å². The lowest BCUT2D eigenvalue weighted by Gasteiger charge is -2.38. The normalized spacial score (nSPS) is 13.9. The van der Waals surface area contributed by atoms with Crippen LogP contribution in [-0.2, 0) is 14.8 Å². The van der Waals surface area contributed by atoms with Gasteiger partial charge in [-0.05, 0) is 69.7 Å². The van der Waals surface area contributed by atoms with Crippen molar-refractivity contribution in [2.24, 2.45) is 5.92 Å². The Bertz CT molecular complexity index is 1100. The molecule has 41 heavy (non-hydrogen) atoms. The zero-order valence-electron chi connectivity index (χ0n) is 26.7. The maximum absolute atomic E-state index is 13.1. The zero-order chi connectivity index (χ0) is 31.6. The van der Waals surface area contributed by atoms with Gasteiger partial charge in [0.1, 0.15) is 5.75 Å². The number of benzene rings is 1. The minimum absolute atomic E-state index is 0.104. The molecule has 0 atom stereocenters. The third kappa shape index (κ3) is 12.5. The van der Waals surface area contributed by atoms with Crippen LogP contribution in [0.1, 0.15) is 106 Å². The molecule has 1 saturated heterocycles. The smallest absolute Gasteiger partial charge is 0.251 e.